The van der Waals surface area contributed by atoms with Crippen LogP contribution in [-0.2, 0) is 6.42 Å². The first-order valence-corrected chi connectivity index (χ1v) is 10.4. The Morgan fingerprint density at radius 3 is 2.34 bits per heavy atom. The molecule has 2 aliphatic rings. The van der Waals surface area contributed by atoms with Crippen molar-refractivity contribution in [2.75, 3.05) is 33.2 Å². The monoisotopic (exact) mass is 391 g/mol. The second-order valence-corrected chi connectivity index (χ2v) is 7.68. The van der Waals surface area contributed by atoms with E-state index in [0.717, 1.165) is 56.4 Å². The molecule has 5 heteroatoms. The van der Waals surface area contributed by atoms with E-state index >= 15 is 0 Å². The van der Waals surface area contributed by atoms with Gasteiger partial charge in [0.15, 0.2) is 0 Å². The highest BCUT2D eigenvalue weighted by molar-refractivity contribution is 5.96. The van der Waals surface area contributed by atoms with Crippen molar-refractivity contribution in [3.8, 4) is 0 Å². The van der Waals surface area contributed by atoms with Crippen LogP contribution in [0.4, 0.5) is 0 Å². The molecule has 0 bridgehead atoms. The highest BCUT2D eigenvalue weighted by Gasteiger charge is 2.23. The van der Waals surface area contributed by atoms with Gasteiger partial charge < -0.3 is 9.80 Å². The van der Waals surface area contributed by atoms with Gasteiger partial charge in [-0.15, -0.1) is 5.10 Å². The molecule has 154 valence electrons. The lowest BCUT2D eigenvalue weighted by molar-refractivity contribution is 0.218. The Hall–Kier alpha value is -2.82. The molecule has 5 nitrogen and oxygen atoms in total. The smallest absolute Gasteiger partial charge is 0.149 e. The molecule has 0 N–H and O–H groups in total. The maximum atomic E-state index is 4.81. The standard InChI is InChI=1S/C24H33N5/c1-7-23(25-6)29-20(4)11-12-24(26-29)28-15-13-27(14-16-28)21(5)17-22-18(2)9-8-10-19(22)3/h8-12H,4-5,7,13-17H2,1-3,6H3. The van der Waals surface area contributed by atoms with Crippen LogP contribution >= 0.6 is 0 Å². The number of piperazine rings is 1. The lowest BCUT2D eigenvalue weighted by atomic mass is 9.98. The number of benzene rings is 1. The van der Waals surface area contributed by atoms with Crippen molar-refractivity contribution in [1.82, 2.24) is 14.8 Å². The number of hydrogen-bond acceptors (Lipinski definition) is 4. The van der Waals surface area contributed by atoms with Crippen LogP contribution in [0.2, 0.25) is 0 Å². The summed E-state index contributed by atoms with van der Waals surface area (Å²) in [5.41, 5.74) is 6.15. The summed E-state index contributed by atoms with van der Waals surface area (Å²) in [6, 6.07) is 6.50. The number of aliphatic imine (C=N–C) groups is 1. The summed E-state index contributed by atoms with van der Waals surface area (Å²) in [6.45, 7) is 18.7. The van der Waals surface area contributed by atoms with Crippen LogP contribution < -0.4 is 0 Å². The van der Waals surface area contributed by atoms with E-state index in [1.54, 1.807) is 7.05 Å². The minimum Gasteiger partial charge on any atom is -0.371 e. The summed E-state index contributed by atoms with van der Waals surface area (Å²) in [7, 11) is 1.81. The van der Waals surface area contributed by atoms with Crippen LogP contribution in [0.3, 0.4) is 0 Å². The van der Waals surface area contributed by atoms with Crippen molar-refractivity contribution in [2.45, 2.75) is 33.6 Å². The van der Waals surface area contributed by atoms with Gasteiger partial charge in [0.25, 0.3) is 0 Å². The predicted molar refractivity (Wildman–Crippen MR) is 123 cm³/mol. The lowest BCUT2D eigenvalue weighted by Crippen LogP contribution is -2.49. The Morgan fingerprint density at radius 2 is 1.76 bits per heavy atom. The summed E-state index contributed by atoms with van der Waals surface area (Å²) in [4.78, 5) is 9.10. The SMILES string of the molecule is C=C(Cc1c(C)cccc1C)N1CCN(C2=NN(C(CC)=NC)C(=C)C=C2)CC1. The van der Waals surface area contributed by atoms with Crippen molar-refractivity contribution in [3.63, 3.8) is 0 Å². The van der Waals surface area contributed by atoms with E-state index in [4.69, 9.17) is 5.10 Å². The van der Waals surface area contributed by atoms with Crippen molar-refractivity contribution in [2.24, 2.45) is 10.1 Å². The van der Waals surface area contributed by atoms with Crippen LogP contribution in [0.5, 0.6) is 0 Å². The Bertz CT molecular complexity index is 849. The molecular formula is C24H33N5. The van der Waals surface area contributed by atoms with Gasteiger partial charge in [-0.2, -0.15) is 0 Å². The normalized spacial score (nSPS) is 17.7. The Labute approximate surface area is 175 Å². The quantitative estimate of drug-likeness (QED) is 0.572. The number of amidine groups is 2. The second kappa shape index (κ2) is 9.12. The maximum absolute atomic E-state index is 4.81. The molecule has 0 amide bonds. The Morgan fingerprint density at radius 1 is 1.10 bits per heavy atom. The van der Waals surface area contributed by atoms with Crippen LogP contribution in [-0.4, -0.2) is 59.7 Å². The van der Waals surface area contributed by atoms with Crippen LogP contribution in [0.15, 0.2) is 65.0 Å². The molecule has 1 aromatic carbocycles. The van der Waals surface area contributed by atoms with E-state index < -0.39 is 0 Å². The van der Waals surface area contributed by atoms with Gasteiger partial charge in [-0.25, -0.2) is 5.01 Å². The molecule has 1 aromatic rings. The molecule has 29 heavy (non-hydrogen) atoms. The lowest BCUT2D eigenvalue weighted by Gasteiger charge is -2.39. The minimum absolute atomic E-state index is 0.825. The zero-order valence-electron chi connectivity index (χ0n) is 18.3. The van der Waals surface area contributed by atoms with E-state index in [1.165, 1.54) is 22.4 Å². The second-order valence-electron chi connectivity index (χ2n) is 7.68. The molecule has 2 aliphatic heterocycles. The molecule has 0 aromatic heterocycles. The highest BCUT2D eigenvalue weighted by Crippen LogP contribution is 2.21. The number of rotatable bonds is 4. The largest absolute Gasteiger partial charge is 0.371 e. The van der Waals surface area contributed by atoms with Crippen molar-refractivity contribution in [3.05, 3.63) is 71.6 Å². The summed E-state index contributed by atoms with van der Waals surface area (Å²) >= 11 is 0. The van der Waals surface area contributed by atoms with Gasteiger partial charge in [0, 0.05) is 51.8 Å². The summed E-state index contributed by atoms with van der Waals surface area (Å²) in [5, 5.41) is 6.67. The summed E-state index contributed by atoms with van der Waals surface area (Å²) < 4.78 is 0. The first kappa shape index (κ1) is 20.9. The van der Waals surface area contributed by atoms with E-state index in [-0.39, 0.29) is 0 Å². The van der Waals surface area contributed by atoms with Gasteiger partial charge >= 0.3 is 0 Å². The zero-order chi connectivity index (χ0) is 21.0. The van der Waals surface area contributed by atoms with Crippen LogP contribution in [0, 0.1) is 13.8 Å². The number of nitrogens with zero attached hydrogens (tertiary/aromatic N) is 5. The number of hydrogen-bond donors (Lipinski definition) is 0. The molecule has 0 saturated carbocycles. The highest BCUT2D eigenvalue weighted by atomic mass is 15.5. The van der Waals surface area contributed by atoms with E-state index in [0.29, 0.717) is 0 Å². The summed E-state index contributed by atoms with van der Waals surface area (Å²) in [6.07, 6.45) is 5.82. The fourth-order valence-electron chi connectivity index (χ4n) is 3.93. The molecule has 1 saturated heterocycles. The van der Waals surface area contributed by atoms with Crippen LogP contribution in [0.25, 0.3) is 0 Å². The summed E-state index contributed by atoms with van der Waals surface area (Å²) in [5.74, 6) is 1.91. The average molecular weight is 392 g/mol. The minimum atomic E-state index is 0.825. The van der Waals surface area contributed by atoms with E-state index in [9.17, 15) is 0 Å². The van der Waals surface area contributed by atoms with Crippen molar-refractivity contribution >= 4 is 11.7 Å². The third-order valence-electron chi connectivity index (χ3n) is 5.79. The topological polar surface area (TPSA) is 34.4 Å². The Kier molecular flexibility index (Phi) is 6.57. The molecule has 0 aliphatic carbocycles. The Balaban J connectivity index is 1.63. The number of hydrazone groups is 1. The third-order valence-corrected chi connectivity index (χ3v) is 5.79. The van der Waals surface area contributed by atoms with E-state index in [1.807, 2.05) is 11.1 Å². The molecule has 2 heterocycles. The van der Waals surface area contributed by atoms with Crippen LogP contribution in [0.1, 0.15) is 30.0 Å². The molecule has 1 fully saturated rings. The van der Waals surface area contributed by atoms with Gasteiger partial charge in [-0.3, -0.25) is 4.99 Å². The molecule has 3 rings (SSSR count). The maximum Gasteiger partial charge on any atom is 0.149 e. The fraction of sp³-hybridized carbons (Fsp3) is 0.417. The number of allylic oxidation sites excluding steroid dienone is 2. The number of aryl methyl sites for hydroxylation is 2. The van der Waals surface area contributed by atoms with Gasteiger partial charge in [0.1, 0.15) is 11.7 Å². The first-order valence-electron chi connectivity index (χ1n) is 10.4. The van der Waals surface area contributed by atoms with Gasteiger partial charge in [0.2, 0.25) is 0 Å². The van der Waals surface area contributed by atoms with E-state index in [2.05, 4.69) is 73.0 Å². The molecule has 0 unspecified atom stereocenters. The van der Waals surface area contributed by atoms with Crippen molar-refractivity contribution < 1.29 is 0 Å². The fourth-order valence-corrected chi connectivity index (χ4v) is 3.93. The zero-order valence-corrected chi connectivity index (χ0v) is 18.3. The average Bonchev–Trinajstić information content (AvgIpc) is 2.73. The third kappa shape index (κ3) is 4.61. The first-order chi connectivity index (χ1) is 13.9. The van der Waals surface area contributed by atoms with Gasteiger partial charge in [0.05, 0.1) is 5.70 Å². The van der Waals surface area contributed by atoms with Crippen molar-refractivity contribution in [1.29, 1.82) is 0 Å². The molecule has 0 radical (unpaired) electrons. The predicted octanol–water partition coefficient (Wildman–Crippen LogP) is 4.11. The van der Waals surface area contributed by atoms with Gasteiger partial charge in [-0.1, -0.05) is 38.3 Å². The van der Waals surface area contributed by atoms with Gasteiger partial charge in [-0.05, 0) is 42.7 Å². The molecular weight excluding hydrogens is 358 g/mol. The molecule has 0 atom stereocenters. The molecule has 0 spiro atoms.